The Labute approximate surface area is 287 Å². The first-order valence-corrected chi connectivity index (χ1v) is 18.4. The molecule has 256 valence electrons. The minimum Gasteiger partial charge on any atom is -0.354 e. The van der Waals surface area contributed by atoms with Gasteiger partial charge in [0.25, 0.3) is 15.6 Å². The van der Waals surface area contributed by atoms with Crippen LogP contribution in [0.3, 0.4) is 0 Å². The second-order valence-electron chi connectivity index (χ2n) is 13.4. The molecule has 0 spiro atoms. The van der Waals surface area contributed by atoms with Crippen molar-refractivity contribution < 1.29 is 13.2 Å². The van der Waals surface area contributed by atoms with E-state index in [4.69, 9.17) is 4.98 Å². The molecule has 2 aliphatic heterocycles. The summed E-state index contributed by atoms with van der Waals surface area (Å²) in [6.07, 6.45) is 4.28. The second-order valence-corrected chi connectivity index (χ2v) is 15.2. The Morgan fingerprint density at radius 3 is 2.37 bits per heavy atom. The number of hydrogen-bond acceptors (Lipinski definition) is 8. The maximum atomic E-state index is 13.6. The summed E-state index contributed by atoms with van der Waals surface area (Å²) in [6.45, 7) is 11.4. The molecule has 5 heterocycles. The highest BCUT2D eigenvalue weighted by Gasteiger charge is 2.29. The van der Waals surface area contributed by atoms with Gasteiger partial charge in [0.2, 0.25) is 5.91 Å². The van der Waals surface area contributed by atoms with Crippen molar-refractivity contribution in [2.24, 2.45) is 7.05 Å². The quantitative estimate of drug-likeness (QED) is 0.244. The molecule has 0 unspecified atom stereocenters. The number of carbonyl (C=O) groups is 1. The lowest BCUT2D eigenvalue weighted by molar-refractivity contribution is -0.139. The van der Waals surface area contributed by atoms with Gasteiger partial charge in [-0.3, -0.25) is 19.4 Å². The number of fused-ring (bicyclic) bond motifs is 2. The third-order valence-electron chi connectivity index (χ3n) is 10.2. The van der Waals surface area contributed by atoms with Gasteiger partial charge >= 0.3 is 0 Å². The molecule has 2 aromatic carbocycles. The van der Waals surface area contributed by atoms with E-state index in [1.807, 2.05) is 44.0 Å². The molecule has 3 aromatic heterocycles. The van der Waals surface area contributed by atoms with Gasteiger partial charge < -0.3 is 14.4 Å². The van der Waals surface area contributed by atoms with Crippen LogP contribution < -0.4 is 10.5 Å². The zero-order valence-electron chi connectivity index (χ0n) is 28.5. The molecule has 1 atom stereocenters. The Balaban J connectivity index is 1.06. The van der Waals surface area contributed by atoms with E-state index >= 15 is 0 Å². The van der Waals surface area contributed by atoms with Gasteiger partial charge in [0, 0.05) is 88.6 Å². The highest BCUT2D eigenvalue weighted by atomic mass is 32.2. The first kappa shape index (κ1) is 33.0. The molecule has 2 fully saturated rings. The number of nitrogens with zero attached hydrogens (tertiary/aromatic N) is 7. The molecule has 0 saturated carbocycles. The van der Waals surface area contributed by atoms with E-state index in [0.717, 1.165) is 96.2 Å². The number of benzene rings is 2. The van der Waals surface area contributed by atoms with Gasteiger partial charge in [-0.2, -0.15) is 0 Å². The predicted molar refractivity (Wildman–Crippen MR) is 194 cm³/mol. The van der Waals surface area contributed by atoms with Crippen LogP contribution in [0.4, 0.5) is 5.82 Å². The number of carbonyl (C=O) groups excluding carboxylic acids is 1. The van der Waals surface area contributed by atoms with E-state index in [2.05, 4.69) is 26.8 Å². The SMILES string of the molecule is Cc1ccc(S(=O)(=O)n2ccc3c(-c4ccc5nc(N6CCN(CCCN7CCN(C)C(=O)[C@H]7C)CC6)ccc5c4)cn(C)c(=O)c32)cc1. The van der Waals surface area contributed by atoms with Gasteiger partial charge in [-0.05, 0) is 74.8 Å². The molecule has 1 amide bonds. The Kier molecular flexibility index (Phi) is 8.80. The number of aryl methyl sites for hydroxylation is 2. The lowest BCUT2D eigenvalue weighted by Crippen LogP contribution is -2.54. The topological polar surface area (TPSA) is 104 Å². The lowest BCUT2D eigenvalue weighted by Gasteiger charge is -2.38. The van der Waals surface area contributed by atoms with Gasteiger partial charge in [-0.25, -0.2) is 17.4 Å². The zero-order chi connectivity index (χ0) is 34.4. The van der Waals surface area contributed by atoms with Crippen LogP contribution in [0, 0.1) is 6.92 Å². The molecule has 0 N–H and O–H groups in total. The van der Waals surface area contributed by atoms with Crippen molar-refractivity contribution >= 4 is 43.6 Å². The van der Waals surface area contributed by atoms with Gasteiger partial charge in [0.1, 0.15) is 11.3 Å². The molecule has 0 bridgehead atoms. The fourth-order valence-electron chi connectivity index (χ4n) is 7.10. The van der Waals surface area contributed by atoms with Crippen molar-refractivity contribution in [1.82, 2.24) is 28.2 Å². The second kappa shape index (κ2) is 13.1. The van der Waals surface area contributed by atoms with Crippen LogP contribution in [0.1, 0.15) is 18.9 Å². The van der Waals surface area contributed by atoms with Crippen LogP contribution >= 0.6 is 0 Å². The summed E-state index contributed by atoms with van der Waals surface area (Å²) < 4.78 is 29.8. The average Bonchev–Trinajstić information content (AvgIpc) is 3.57. The molecule has 7 rings (SSSR count). The zero-order valence-corrected chi connectivity index (χ0v) is 29.4. The summed E-state index contributed by atoms with van der Waals surface area (Å²) in [4.78, 5) is 39.8. The maximum absolute atomic E-state index is 13.6. The molecule has 11 nitrogen and oxygen atoms in total. The molecule has 2 aliphatic rings. The van der Waals surface area contributed by atoms with Crippen molar-refractivity contribution in [2.75, 3.05) is 64.3 Å². The lowest BCUT2D eigenvalue weighted by atomic mass is 10.0. The number of likely N-dealkylation sites (N-methyl/N-ethyl adjacent to an activating group) is 1. The van der Waals surface area contributed by atoms with Crippen LogP contribution in [-0.2, 0) is 21.9 Å². The number of pyridine rings is 2. The Hall–Kier alpha value is -4.52. The number of amides is 1. The van der Waals surface area contributed by atoms with Crippen molar-refractivity contribution in [1.29, 1.82) is 0 Å². The minimum absolute atomic E-state index is 0.0386. The number of aromatic nitrogens is 3. The third-order valence-corrected chi connectivity index (χ3v) is 11.9. The summed E-state index contributed by atoms with van der Waals surface area (Å²) in [7, 11) is -0.447. The largest absolute Gasteiger partial charge is 0.354 e. The van der Waals surface area contributed by atoms with Gasteiger partial charge in [0.05, 0.1) is 16.5 Å². The maximum Gasteiger partial charge on any atom is 0.275 e. The summed E-state index contributed by atoms with van der Waals surface area (Å²) in [6, 6.07) is 18.5. The van der Waals surface area contributed by atoms with Crippen LogP contribution in [0.15, 0.2) is 82.7 Å². The molecule has 2 saturated heterocycles. The fraction of sp³-hybridized carbons (Fsp3) is 0.378. The number of rotatable bonds is 8. The standard InChI is InChI=1S/C37H43N7O4S/c1-26-6-10-30(11-7-26)49(47,48)44-17-14-31-32(25-40(4)37(46)35(31)44)28-8-12-33-29(24-28)9-13-34(38-33)43-22-19-41(20-23-43)15-5-16-42-21-18-39(3)36(45)27(42)2/h6-14,17,24-25,27H,5,15-16,18-23H2,1-4H3/t27-/m1/s1. The van der Waals surface area contributed by atoms with E-state index < -0.39 is 10.0 Å². The third kappa shape index (κ3) is 6.24. The van der Waals surface area contributed by atoms with Gasteiger partial charge in [-0.1, -0.05) is 23.8 Å². The molecular weight excluding hydrogens is 639 g/mol. The van der Waals surface area contributed by atoms with Crippen molar-refractivity contribution in [3.8, 4) is 11.1 Å². The molecule has 12 heteroatoms. The molecule has 0 radical (unpaired) electrons. The van der Waals surface area contributed by atoms with E-state index in [9.17, 15) is 18.0 Å². The number of hydrogen-bond donors (Lipinski definition) is 0. The normalized spacial score (nSPS) is 18.2. The Morgan fingerprint density at radius 2 is 1.61 bits per heavy atom. The Morgan fingerprint density at radius 1 is 0.857 bits per heavy atom. The van der Waals surface area contributed by atoms with Gasteiger partial charge in [0.15, 0.2) is 0 Å². The van der Waals surface area contributed by atoms with Crippen molar-refractivity contribution in [3.63, 3.8) is 0 Å². The summed E-state index contributed by atoms with van der Waals surface area (Å²) in [5, 5.41) is 1.54. The molecular formula is C37H43N7O4S. The summed E-state index contributed by atoms with van der Waals surface area (Å²) in [5.74, 6) is 1.16. The summed E-state index contributed by atoms with van der Waals surface area (Å²) >= 11 is 0. The van der Waals surface area contributed by atoms with E-state index in [-0.39, 0.29) is 27.9 Å². The average molecular weight is 682 g/mol. The van der Waals surface area contributed by atoms with Crippen LogP contribution in [0.25, 0.3) is 32.9 Å². The molecule has 49 heavy (non-hydrogen) atoms. The predicted octanol–water partition coefficient (Wildman–Crippen LogP) is 3.78. The molecule has 5 aromatic rings. The van der Waals surface area contributed by atoms with Gasteiger partial charge in [-0.15, -0.1) is 0 Å². The van der Waals surface area contributed by atoms with Crippen molar-refractivity contribution in [3.05, 3.63) is 89.0 Å². The van der Waals surface area contributed by atoms with Crippen LogP contribution in [0.5, 0.6) is 0 Å². The fourth-order valence-corrected chi connectivity index (χ4v) is 8.45. The van der Waals surface area contributed by atoms with Crippen LogP contribution in [-0.4, -0.2) is 108 Å². The first-order chi connectivity index (χ1) is 23.5. The summed E-state index contributed by atoms with van der Waals surface area (Å²) in [5.41, 5.74) is 3.21. The smallest absolute Gasteiger partial charge is 0.275 e. The van der Waals surface area contributed by atoms with E-state index in [0.29, 0.717) is 5.39 Å². The van der Waals surface area contributed by atoms with E-state index in [1.165, 1.54) is 10.8 Å². The molecule has 0 aliphatic carbocycles. The highest BCUT2D eigenvalue weighted by Crippen LogP contribution is 2.32. The highest BCUT2D eigenvalue weighted by molar-refractivity contribution is 7.90. The van der Waals surface area contributed by atoms with Crippen LogP contribution in [0.2, 0.25) is 0 Å². The monoisotopic (exact) mass is 681 g/mol. The Bertz CT molecular complexity index is 2200. The first-order valence-electron chi connectivity index (χ1n) is 16.9. The minimum atomic E-state index is -3.97. The number of anilines is 1. The number of piperazine rings is 2. The van der Waals surface area contributed by atoms with Crippen molar-refractivity contribution in [2.45, 2.75) is 31.2 Å². The van der Waals surface area contributed by atoms with E-state index in [1.54, 1.807) is 43.6 Å².